The highest BCUT2D eigenvalue weighted by Crippen LogP contribution is 2.62. The molecule has 0 aliphatic carbocycles. The van der Waals surface area contributed by atoms with Crippen LogP contribution in [0.5, 0.6) is 0 Å². The van der Waals surface area contributed by atoms with E-state index in [2.05, 4.69) is 0 Å². The SMILES string of the molecule is O=S(=O)(O)CCCNS(=O)(=O)C(F)(F)C(F)(F)C(F)(F)C(F)(F)C(F)(F)C(F)(F)C(F)(F)F. The molecular formula is C10H8F15NO5S2. The summed E-state index contributed by atoms with van der Waals surface area (Å²) < 4.78 is 246. The maximum Gasteiger partial charge on any atom is 0.460 e. The van der Waals surface area contributed by atoms with E-state index in [0.717, 1.165) is 0 Å². The quantitative estimate of drug-likeness (QED) is 0.225. The second-order valence-electron chi connectivity index (χ2n) is 5.92. The van der Waals surface area contributed by atoms with E-state index in [4.69, 9.17) is 4.55 Å². The third-order valence-electron chi connectivity index (χ3n) is 3.51. The van der Waals surface area contributed by atoms with Crippen molar-refractivity contribution in [3.05, 3.63) is 0 Å². The highest BCUT2D eigenvalue weighted by molar-refractivity contribution is 7.90. The van der Waals surface area contributed by atoms with Crippen LogP contribution < -0.4 is 4.72 Å². The van der Waals surface area contributed by atoms with Gasteiger partial charge in [0.25, 0.3) is 20.1 Å². The van der Waals surface area contributed by atoms with Crippen LogP contribution in [0.4, 0.5) is 65.9 Å². The van der Waals surface area contributed by atoms with Gasteiger partial charge in [-0.3, -0.25) is 4.55 Å². The molecule has 0 bridgehead atoms. The van der Waals surface area contributed by atoms with Crippen molar-refractivity contribution < 1.29 is 87.2 Å². The first-order valence-electron chi connectivity index (χ1n) is 7.23. The fourth-order valence-electron chi connectivity index (χ4n) is 1.67. The van der Waals surface area contributed by atoms with Crippen molar-refractivity contribution >= 4 is 20.1 Å². The molecule has 0 aromatic heterocycles. The maximum absolute atomic E-state index is 13.5. The Kier molecular flexibility index (Phi) is 8.15. The monoisotopic (exact) mass is 571 g/mol. The van der Waals surface area contributed by atoms with Gasteiger partial charge in [0.1, 0.15) is 0 Å². The Hall–Kier alpha value is -1.23. The van der Waals surface area contributed by atoms with E-state index in [1.54, 1.807) is 0 Å². The molecule has 0 saturated carbocycles. The molecule has 0 atom stereocenters. The van der Waals surface area contributed by atoms with Crippen LogP contribution in [0, 0.1) is 0 Å². The molecule has 0 amide bonds. The Labute approximate surface area is 172 Å². The summed E-state index contributed by atoms with van der Waals surface area (Å²) in [7, 11) is -12.3. The molecule has 0 unspecified atom stereocenters. The van der Waals surface area contributed by atoms with Gasteiger partial charge in [0.15, 0.2) is 0 Å². The number of rotatable bonds is 11. The van der Waals surface area contributed by atoms with Gasteiger partial charge in [0, 0.05) is 6.54 Å². The largest absolute Gasteiger partial charge is 0.460 e. The predicted molar refractivity (Wildman–Crippen MR) is 73.7 cm³/mol. The van der Waals surface area contributed by atoms with Crippen molar-refractivity contribution in [1.82, 2.24) is 4.72 Å². The van der Waals surface area contributed by atoms with Gasteiger partial charge in [0.05, 0.1) is 5.75 Å². The Morgan fingerprint density at radius 3 is 1.24 bits per heavy atom. The average molecular weight is 571 g/mol. The average Bonchev–Trinajstić information content (AvgIpc) is 2.55. The number of sulfonamides is 1. The lowest BCUT2D eigenvalue weighted by Crippen LogP contribution is -2.73. The lowest BCUT2D eigenvalue weighted by atomic mass is 9.94. The molecular weight excluding hydrogens is 563 g/mol. The normalized spacial score (nSPS) is 16.2. The van der Waals surface area contributed by atoms with Gasteiger partial charge in [-0.2, -0.15) is 74.3 Å². The highest BCUT2D eigenvalue weighted by Gasteiger charge is 2.94. The van der Waals surface area contributed by atoms with Crippen LogP contribution in [0.3, 0.4) is 0 Å². The van der Waals surface area contributed by atoms with Crippen molar-refractivity contribution in [3.8, 4) is 0 Å². The zero-order valence-corrected chi connectivity index (χ0v) is 16.3. The Morgan fingerprint density at radius 2 is 0.909 bits per heavy atom. The zero-order valence-electron chi connectivity index (χ0n) is 14.7. The Balaban J connectivity index is 6.37. The van der Waals surface area contributed by atoms with Gasteiger partial charge < -0.3 is 0 Å². The lowest BCUT2D eigenvalue weighted by Gasteiger charge is -2.41. The summed E-state index contributed by atoms with van der Waals surface area (Å²) in [6.45, 7) is -1.71. The molecule has 6 nitrogen and oxygen atoms in total. The van der Waals surface area contributed by atoms with E-state index in [0.29, 0.717) is 0 Å². The fourth-order valence-corrected chi connectivity index (χ4v) is 3.24. The molecule has 0 aliphatic rings. The smallest absolute Gasteiger partial charge is 0.286 e. The number of nitrogens with one attached hydrogen (secondary N) is 1. The minimum atomic E-state index is -8.65. The maximum atomic E-state index is 13.5. The van der Waals surface area contributed by atoms with Crippen LogP contribution in [-0.2, 0) is 20.1 Å². The van der Waals surface area contributed by atoms with Crippen molar-refractivity contribution in [3.63, 3.8) is 0 Å². The number of halogens is 15. The molecule has 23 heteroatoms. The standard InChI is InChI=1S/C10H8F15NO5S2/c11-4(12,5(13,14)7(17,18)9(21,22)23)6(15,16)8(19,20)10(24,25)33(30,31)26-2-1-3-32(27,28)29/h26H,1-3H2,(H,27,28,29). The first-order valence-corrected chi connectivity index (χ1v) is 10.3. The molecule has 0 saturated heterocycles. The van der Waals surface area contributed by atoms with E-state index in [-0.39, 0.29) is 4.72 Å². The molecule has 0 aliphatic heterocycles. The molecule has 200 valence electrons. The van der Waals surface area contributed by atoms with Crippen LogP contribution in [0.25, 0.3) is 0 Å². The second kappa shape index (κ2) is 8.46. The van der Waals surface area contributed by atoms with Gasteiger partial charge in [0.2, 0.25) is 0 Å². The first kappa shape index (κ1) is 31.8. The molecule has 0 fully saturated rings. The molecule has 33 heavy (non-hydrogen) atoms. The first-order chi connectivity index (χ1) is 14.0. The third-order valence-corrected chi connectivity index (χ3v) is 5.83. The number of alkyl halides is 15. The third kappa shape index (κ3) is 5.09. The van der Waals surface area contributed by atoms with E-state index < -0.39 is 79.9 Å². The summed E-state index contributed by atoms with van der Waals surface area (Å²) in [5.74, 6) is -43.7. The van der Waals surface area contributed by atoms with Crippen LogP contribution >= 0.6 is 0 Å². The summed E-state index contributed by atoms with van der Waals surface area (Å²) in [4.78, 5) is 0. The molecule has 0 aromatic carbocycles. The molecule has 2 N–H and O–H groups in total. The molecule has 0 spiro atoms. The van der Waals surface area contributed by atoms with Crippen molar-refractivity contribution in [2.75, 3.05) is 12.3 Å². The summed E-state index contributed by atoms with van der Waals surface area (Å²) in [5.41, 5.74) is 0. The van der Waals surface area contributed by atoms with Crippen LogP contribution in [0.2, 0.25) is 0 Å². The minimum Gasteiger partial charge on any atom is -0.286 e. The van der Waals surface area contributed by atoms with Crippen LogP contribution in [-0.4, -0.2) is 74.7 Å². The molecule has 0 aromatic rings. The number of hydrogen-bond donors (Lipinski definition) is 2. The summed E-state index contributed by atoms with van der Waals surface area (Å²) in [6, 6.07) is 0. The van der Waals surface area contributed by atoms with E-state index in [1.165, 1.54) is 0 Å². The van der Waals surface area contributed by atoms with Crippen molar-refractivity contribution in [2.45, 2.75) is 47.5 Å². The van der Waals surface area contributed by atoms with E-state index >= 15 is 0 Å². The Morgan fingerprint density at radius 1 is 0.576 bits per heavy atom. The van der Waals surface area contributed by atoms with Crippen molar-refractivity contribution in [1.29, 1.82) is 0 Å². The second-order valence-corrected chi connectivity index (χ2v) is 9.30. The zero-order chi connectivity index (χ0) is 27.3. The van der Waals surface area contributed by atoms with Crippen LogP contribution in [0.1, 0.15) is 6.42 Å². The predicted octanol–water partition coefficient (Wildman–Crippen LogP) is 3.52. The summed E-state index contributed by atoms with van der Waals surface area (Å²) in [6.07, 6.45) is -9.05. The van der Waals surface area contributed by atoms with Gasteiger partial charge in [-0.15, -0.1) is 0 Å². The fraction of sp³-hybridized carbons (Fsp3) is 1.00. The summed E-state index contributed by atoms with van der Waals surface area (Å²) >= 11 is 0. The van der Waals surface area contributed by atoms with E-state index in [9.17, 15) is 82.7 Å². The Bertz CT molecular complexity index is 925. The highest BCUT2D eigenvalue weighted by atomic mass is 32.2. The molecule has 0 radical (unpaired) electrons. The molecule has 0 rings (SSSR count). The lowest BCUT2D eigenvalue weighted by molar-refractivity contribution is -0.447. The summed E-state index contributed by atoms with van der Waals surface area (Å²) in [5, 5.41) is -7.59. The van der Waals surface area contributed by atoms with Gasteiger partial charge in [-0.1, -0.05) is 0 Å². The topological polar surface area (TPSA) is 101 Å². The van der Waals surface area contributed by atoms with Gasteiger partial charge in [-0.25, -0.2) is 13.1 Å². The van der Waals surface area contributed by atoms with Crippen molar-refractivity contribution in [2.24, 2.45) is 0 Å². The molecule has 0 heterocycles. The van der Waals surface area contributed by atoms with Gasteiger partial charge in [-0.05, 0) is 6.42 Å². The van der Waals surface area contributed by atoms with Gasteiger partial charge >= 0.3 is 41.0 Å². The minimum absolute atomic E-state index is 0.268. The number of hydrogen-bond acceptors (Lipinski definition) is 4. The van der Waals surface area contributed by atoms with E-state index in [1.807, 2.05) is 0 Å². The van der Waals surface area contributed by atoms with Crippen LogP contribution in [0.15, 0.2) is 0 Å².